The molecule has 0 bridgehead atoms. The second-order valence-electron chi connectivity index (χ2n) is 6.99. The van der Waals surface area contributed by atoms with Crippen molar-refractivity contribution in [1.82, 2.24) is 15.8 Å². The molecule has 1 aliphatic heterocycles. The Morgan fingerprint density at radius 2 is 1.67 bits per heavy atom. The molecule has 2 N–H and O–H groups in total. The number of morpholine rings is 1. The smallest absolute Gasteiger partial charge is 0.324 e. The number of urea groups is 1. The van der Waals surface area contributed by atoms with Gasteiger partial charge >= 0.3 is 18.4 Å². The van der Waals surface area contributed by atoms with Crippen molar-refractivity contribution in [3.8, 4) is 0 Å². The van der Waals surface area contributed by atoms with E-state index in [4.69, 9.17) is 4.74 Å². The number of halogens is 4. The number of benzene rings is 2. The maximum atomic E-state index is 14.8. The number of rotatable bonds is 5. The molecule has 0 radical (unpaired) electrons. The van der Waals surface area contributed by atoms with Crippen LogP contribution in [0.15, 0.2) is 42.5 Å². The molecule has 33 heavy (non-hydrogen) atoms. The van der Waals surface area contributed by atoms with Gasteiger partial charge < -0.3 is 9.64 Å². The van der Waals surface area contributed by atoms with Gasteiger partial charge in [-0.15, -0.1) is 0 Å². The third-order valence-electron chi connectivity index (χ3n) is 4.79. The lowest BCUT2D eigenvalue weighted by Crippen LogP contribution is -2.48. The fourth-order valence-electron chi connectivity index (χ4n) is 3.05. The van der Waals surface area contributed by atoms with Crippen LogP contribution in [0, 0.1) is 11.6 Å². The molecule has 2 aromatic carbocycles. The van der Waals surface area contributed by atoms with Crippen molar-refractivity contribution < 1.29 is 36.7 Å². The number of ether oxygens (including phenoxy) is 1. The molecule has 1 aliphatic rings. The molecule has 1 saturated heterocycles. The van der Waals surface area contributed by atoms with Crippen LogP contribution in [0.2, 0.25) is 0 Å². The number of nitrogens with zero attached hydrogens (tertiary/aromatic N) is 2. The first-order valence-corrected chi connectivity index (χ1v) is 9.83. The number of nitrogens with one attached hydrogen (secondary N) is 2. The van der Waals surface area contributed by atoms with Crippen molar-refractivity contribution >= 4 is 23.5 Å². The molecule has 0 aliphatic carbocycles. The lowest BCUT2D eigenvalue weighted by atomic mass is 10.1. The summed E-state index contributed by atoms with van der Waals surface area (Å²) in [6, 6.07) is 8.01. The first-order valence-electron chi connectivity index (χ1n) is 9.83. The number of hydrazine groups is 1. The first-order chi connectivity index (χ1) is 15.8. The minimum atomic E-state index is -3.33. The zero-order chi connectivity index (χ0) is 24.0. The highest BCUT2D eigenvalue weighted by Gasteiger charge is 2.25. The van der Waals surface area contributed by atoms with Crippen LogP contribution in [0.25, 0.3) is 0 Å². The summed E-state index contributed by atoms with van der Waals surface area (Å²) in [5.41, 5.74) is 3.42. The van der Waals surface area contributed by atoms with Crippen LogP contribution >= 0.6 is 0 Å². The second-order valence-corrected chi connectivity index (χ2v) is 6.99. The summed E-state index contributed by atoms with van der Waals surface area (Å²) >= 11 is 0. The SMILES string of the molecule is O=C(NNC(=O)C(F)F)c1ccc(CN(C(=O)N2CCOCC2)c2ccc(F)cc2)c(F)c1. The number of hydrogen-bond acceptors (Lipinski definition) is 4. The van der Waals surface area contributed by atoms with Crippen LogP contribution in [0.3, 0.4) is 0 Å². The minimum absolute atomic E-state index is 0.0501. The third kappa shape index (κ3) is 6.19. The average molecular weight is 468 g/mol. The maximum Gasteiger partial charge on any atom is 0.324 e. The number of hydrogen-bond donors (Lipinski definition) is 2. The van der Waals surface area contributed by atoms with Crippen LogP contribution in [0.5, 0.6) is 0 Å². The monoisotopic (exact) mass is 468 g/mol. The Bertz CT molecular complexity index is 1010. The summed E-state index contributed by atoms with van der Waals surface area (Å²) in [4.78, 5) is 38.7. The van der Waals surface area contributed by atoms with Gasteiger partial charge in [-0.2, -0.15) is 8.78 Å². The van der Waals surface area contributed by atoms with E-state index in [-0.39, 0.29) is 17.7 Å². The van der Waals surface area contributed by atoms with Crippen molar-refractivity contribution in [3.63, 3.8) is 0 Å². The highest BCUT2D eigenvalue weighted by Crippen LogP contribution is 2.22. The summed E-state index contributed by atoms with van der Waals surface area (Å²) in [6.45, 7) is 1.15. The average Bonchev–Trinajstić information content (AvgIpc) is 2.82. The van der Waals surface area contributed by atoms with Gasteiger partial charge in [-0.1, -0.05) is 6.07 Å². The van der Waals surface area contributed by atoms with Crippen molar-refractivity contribution in [2.45, 2.75) is 13.0 Å². The van der Waals surface area contributed by atoms with Gasteiger partial charge in [0.25, 0.3) is 5.91 Å². The third-order valence-corrected chi connectivity index (χ3v) is 4.79. The summed E-state index contributed by atoms with van der Waals surface area (Å²) in [7, 11) is 0. The van der Waals surface area contributed by atoms with Gasteiger partial charge in [0.15, 0.2) is 0 Å². The molecule has 0 unspecified atom stereocenters. The molecule has 8 nitrogen and oxygen atoms in total. The Hall–Kier alpha value is -3.67. The van der Waals surface area contributed by atoms with Gasteiger partial charge in [0.2, 0.25) is 0 Å². The Balaban J connectivity index is 1.79. The van der Waals surface area contributed by atoms with E-state index in [1.165, 1.54) is 51.6 Å². The largest absolute Gasteiger partial charge is 0.378 e. The van der Waals surface area contributed by atoms with Crippen LogP contribution in [-0.4, -0.2) is 55.5 Å². The molecule has 3 rings (SSSR count). The van der Waals surface area contributed by atoms with Crippen molar-refractivity contribution in [2.24, 2.45) is 0 Å². The lowest BCUT2D eigenvalue weighted by Gasteiger charge is -2.33. The van der Waals surface area contributed by atoms with Gasteiger partial charge in [-0.3, -0.25) is 25.3 Å². The van der Waals surface area contributed by atoms with Crippen LogP contribution in [0.4, 0.5) is 28.0 Å². The fraction of sp³-hybridized carbons (Fsp3) is 0.286. The van der Waals surface area contributed by atoms with Gasteiger partial charge in [-0.05, 0) is 36.4 Å². The molecule has 0 spiro atoms. The van der Waals surface area contributed by atoms with Gasteiger partial charge in [0.1, 0.15) is 11.6 Å². The number of carbonyl (C=O) groups is 3. The first kappa shape index (κ1) is 24.0. The molecule has 2 aromatic rings. The van der Waals surface area contributed by atoms with E-state index in [0.29, 0.717) is 32.0 Å². The maximum absolute atomic E-state index is 14.8. The van der Waals surface area contributed by atoms with Crippen LogP contribution < -0.4 is 15.8 Å². The highest BCUT2D eigenvalue weighted by atomic mass is 19.3. The van der Waals surface area contributed by atoms with E-state index in [9.17, 15) is 31.9 Å². The number of anilines is 1. The molecule has 0 saturated carbocycles. The van der Waals surface area contributed by atoms with E-state index < -0.39 is 35.9 Å². The molecule has 176 valence electrons. The molecular weight excluding hydrogens is 448 g/mol. The molecule has 1 heterocycles. The summed E-state index contributed by atoms with van der Waals surface area (Å²) < 4.78 is 57.8. The van der Waals surface area contributed by atoms with Crippen molar-refractivity contribution in [2.75, 3.05) is 31.2 Å². The molecule has 1 fully saturated rings. The van der Waals surface area contributed by atoms with Crippen LogP contribution in [0.1, 0.15) is 15.9 Å². The highest BCUT2D eigenvalue weighted by molar-refractivity contribution is 5.96. The van der Waals surface area contributed by atoms with E-state index in [1.807, 2.05) is 0 Å². The zero-order valence-corrected chi connectivity index (χ0v) is 17.2. The molecule has 0 aromatic heterocycles. The minimum Gasteiger partial charge on any atom is -0.378 e. The van der Waals surface area contributed by atoms with Crippen LogP contribution in [-0.2, 0) is 16.1 Å². The quantitative estimate of drug-likeness (QED) is 0.521. The van der Waals surface area contributed by atoms with E-state index >= 15 is 0 Å². The second kappa shape index (κ2) is 10.8. The van der Waals surface area contributed by atoms with E-state index in [1.54, 1.807) is 5.43 Å². The van der Waals surface area contributed by atoms with E-state index in [0.717, 1.165) is 6.07 Å². The Morgan fingerprint density at radius 3 is 2.27 bits per heavy atom. The summed E-state index contributed by atoms with van der Waals surface area (Å²) in [5, 5.41) is 0. The Kier molecular flexibility index (Phi) is 7.83. The number of carbonyl (C=O) groups excluding carboxylic acids is 3. The Labute approximate surface area is 186 Å². The summed E-state index contributed by atoms with van der Waals surface area (Å²) in [6.07, 6.45) is -3.33. The predicted molar refractivity (Wildman–Crippen MR) is 108 cm³/mol. The Morgan fingerprint density at radius 1 is 1.00 bits per heavy atom. The standard InChI is InChI=1S/C21H20F4N4O4/c22-15-3-5-16(6-4-15)29(21(32)28-7-9-33-10-8-28)12-14-2-1-13(11-17(14)23)19(30)26-27-20(31)18(24)25/h1-6,11,18H,7-10,12H2,(H,26,30)(H,27,31). The van der Waals surface area contributed by atoms with Gasteiger partial charge in [-0.25, -0.2) is 13.6 Å². The van der Waals surface area contributed by atoms with Gasteiger partial charge in [0.05, 0.1) is 19.8 Å². The summed E-state index contributed by atoms with van der Waals surface area (Å²) in [5.74, 6) is -4.06. The molecule has 0 atom stereocenters. The van der Waals surface area contributed by atoms with Gasteiger partial charge in [0, 0.05) is 29.9 Å². The normalized spacial score (nSPS) is 13.5. The zero-order valence-electron chi connectivity index (χ0n) is 17.2. The van der Waals surface area contributed by atoms with E-state index in [2.05, 4.69) is 0 Å². The fourth-order valence-corrected chi connectivity index (χ4v) is 3.05. The number of amides is 4. The molecule has 12 heteroatoms. The molecule has 4 amide bonds. The van der Waals surface area contributed by atoms with Crippen molar-refractivity contribution in [1.29, 1.82) is 0 Å². The predicted octanol–water partition coefficient (Wildman–Crippen LogP) is 2.45. The lowest BCUT2D eigenvalue weighted by molar-refractivity contribution is -0.132. The number of alkyl halides is 2. The topological polar surface area (TPSA) is 91.0 Å². The molecular formula is C21H20F4N4O4. The van der Waals surface area contributed by atoms with Crippen molar-refractivity contribution in [3.05, 3.63) is 65.2 Å².